The predicted molar refractivity (Wildman–Crippen MR) is 118 cm³/mol. The Kier molecular flexibility index (Phi) is 7.07. The van der Waals surface area contributed by atoms with Crippen molar-refractivity contribution in [2.45, 2.75) is 6.92 Å². The van der Waals surface area contributed by atoms with Crippen molar-refractivity contribution in [1.29, 1.82) is 0 Å². The summed E-state index contributed by atoms with van der Waals surface area (Å²) < 4.78 is 5.28. The third-order valence-electron chi connectivity index (χ3n) is 4.07. The molecule has 0 radical (unpaired) electrons. The van der Waals surface area contributed by atoms with Crippen LogP contribution in [-0.2, 0) is 4.79 Å². The maximum Gasteiger partial charge on any atom is 0.310 e. The van der Waals surface area contributed by atoms with E-state index in [1.807, 2.05) is 17.5 Å². The third kappa shape index (κ3) is 5.73. The van der Waals surface area contributed by atoms with Gasteiger partial charge in [0.2, 0.25) is 0 Å². The molecule has 2 aromatic carbocycles. The van der Waals surface area contributed by atoms with E-state index in [9.17, 15) is 19.7 Å². The molecule has 158 valence electrons. The van der Waals surface area contributed by atoms with Gasteiger partial charge in [-0.15, -0.1) is 11.3 Å². The summed E-state index contributed by atoms with van der Waals surface area (Å²) in [6, 6.07) is 16.0. The van der Waals surface area contributed by atoms with Crippen LogP contribution in [0.15, 0.2) is 71.1 Å². The number of nitro benzene ring substituents is 1. The number of amides is 2. The second-order valence-corrected chi connectivity index (χ2v) is 7.17. The summed E-state index contributed by atoms with van der Waals surface area (Å²) >= 11 is 1.50. The first-order valence-electron chi connectivity index (χ1n) is 9.09. The van der Waals surface area contributed by atoms with Crippen LogP contribution < -0.4 is 15.5 Å². The molecule has 9 nitrogen and oxygen atoms in total. The summed E-state index contributed by atoms with van der Waals surface area (Å²) in [6.45, 7) is 1.32. The van der Waals surface area contributed by atoms with E-state index >= 15 is 0 Å². The molecule has 2 amide bonds. The van der Waals surface area contributed by atoms with E-state index in [0.717, 1.165) is 4.88 Å². The van der Waals surface area contributed by atoms with E-state index in [1.54, 1.807) is 37.3 Å². The molecule has 0 fully saturated rings. The van der Waals surface area contributed by atoms with Crippen LogP contribution >= 0.6 is 11.3 Å². The van der Waals surface area contributed by atoms with Crippen molar-refractivity contribution < 1.29 is 19.2 Å². The van der Waals surface area contributed by atoms with Gasteiger partial charge in [-0.1, -0.05) is 30.3 Å². The first kappa shape index (κ1) is 21.7. The molecule has 31 heavy (non-hydrogen) atoms. The number of rotatable bonds is 8. The van der Waals surface area contributed by atoms with Gasteiger partial charge in [0.15, 0.2) is 12.4 Å². The van der Waals surface area contributed by atoms with Gasteiger partial charge in [-0.05, 0) is 36.6 Å². The van der Waals surface area contributed by atoms with Gasteiger partial charge in [0.25, 0.3) is 11.8 Å². The highest BCUT2D eigenvalue weighted by Gasteiger charge is 2.17. The minimum Gasteiger partial charge on any atom is -0.477 e. The molecule has 0 aliphatic carbocycles. The molecular weight excluding hydrogens is 420 g/mol. The molecular formula is C21H18N4O5S. The number of hydrazone groups is 1. The lowest BCUT2D eigenvalue weighted by atomic mass is 10.1. The van der Waals surface area contributed by atoms with Crippen molar-refractivity contribution in [2.75, 3.05) is 11.9 Å². The topological polar surface area (TPSA) is 123 Å². The van der Waals surface area contributed by atoms with Gasteiger partial charge in [0.1, 0.15) is 0 Å². The minimum absolute atomic E-state index is 0.0212. The fraction of sp³-hybridized carbons (Fsp3) is 0.0952. The number of anilines is 1. The fourth-order valence-electron chi connectivity index (χ4n) is 2.58. The van der Waals surface area contributed by atoms with Gasteiger partial charge < -0.3 is 10.1 Å². The standard InChI is InChI=1S/C21H18N4O5S/c1-14(19-11-6-12-31-19)23-24-21(27)15-7-2-3-8-16(15)22-20(26)13-30-18-10-5-4-9-17(18)25(28)29/h2-12H,13H2,1H3,(H,22,26)(H,24,27)/b23-14+. The molecule has 1 heterocycles. The minimum atomic E-state index is -0.592. The van der Waals surface area contributed by atoms with Gasteiger partial charge in [-0.3, -0.25) is 19.7 Å². The quantitative estimate of drug-likeness (QED) is 0.314. The lowest BCUT2D eigenvalue weighted by Crippen LogP contribution is -2.24. The number of carbonyl (C=O) groups is 2. The van der Waals surface area contributed by atoms with Crippen LogP contribution in [0.25, 0.3) is 0 Å². The number of thiophene rings is 1. The molecule has 0 atom stereocenters. The van der Waals surface area contributed by atoms with E-state index in [0.29, 0.717) is 5.71 Å². The Morgan fingerprint density at radius 2 is 1.84 bits per heavy atom. The molecule has 0 aliphatic heterocycles. The van der Waals surface area contributed by atoms with Crippen LogP contribution in [0.1, 0.15) is 22.2 Å². The van der Waals surface area contributed by atoms with Crippen molar-refractivity contribution >= 4 is 40.2 Å². The number of para-hydroxylation sites is 3. The molecule has 10 heteroatoms. The number of hydrogen-bond donors (Lipinski definition) is 2. The monoisotopic (exact) mass is 438 g/mol. The first-order chi connectivity index (χ1) is 15.0. The molecule has 0 bridgehead atoms. The van der Waals surface area contributed by atoms with Gasteiger partial charge >= 0.3 is 5.69 Å². The third-order valence-corrected chi connectivity index (χ3v) is 5.05. The fourth-order valence-corrected chi connectivity index (χ4v) is 3.26. The Balaban J connectivity index is 1.65. The van der Waals surface area contributed by atoms with Crippen LogP contribution in [0, 0.1) is 10.1 Å². The molecule has 3 aromatic rings. The average molecular weight is 438 g/mol. The summed E-state index contributed by atoms with van der Waals surface area (Å²) in [5.74, 6) is -1.09. The Hall–Kier alpha value is -4.05. The highest BCUT2D eigenvalue weighted by molar-refractivity contribution is 7.12. The Morgan fingerprint density at radius 3 is 2.58 bits per heavy atom. The number of hydrogen-bond acceptors (Lipinski definition) is 7. The zero-order chi connectivity index (χ0) is 22.2. The maximum atomic E-state index is 12.5. The summed E-state index contributed by atoms with van der Waals surface area (Å²) in [5, 5.41) is 19.6. The van der Waals surface area contributed by atoms with E-state index in [2.05, 4.69) is 15.8 Å². The maximum absolute atomic E-state index is 12.5. The van der Waals surface area contributed by atoms with Crippen LogP contribution in [0.4, 0.5) is 11.4 Å². The van der Waals surface area contributed by atoms with Crippen LogP contribution in [-0.4, -0.2) is 29.1 Å². The van der Waals surface area contributed by atoms with Gasteiger partial charge in [0.05, 0.1) is 21.9 Å². The molecule has 0 unspecified atom stereocenters. The van der Waals surface area contributed by atoms with Crippen molar-refractivity contribution in [3.8, 4) is 5.75 Å². The molecule has 0 aliphatic rings. The van der Waals surface area contributed by atoms with E-state index in [1.165, 1.54) is 29.5 Å². The SMILES string of the molecule is C/C(=N\NC(=O)c1ccccc1NC(=O)COc1ccccc1[N+](=O)[O-])c1cccs1. The Bertz CT molecular complexity index is 1130. The van der Waals surface area contributed by atoms with E-state index in [4.69, 9.17) is 4.74 Å². The van der Waals surface area contributed by atoms with Gasteiger partial charge in [-0.25, -0.2) is 5.43 Å². The predicted octanol–water partition coefficient (Wildman–Crippen LogP) is 3.83. The summed E-state index contributed by atoms with van der Waals surface area (Å²) in [7, 11) is 0. The Labute approximate surface area is 181 Å². The second kappa shape index (κ2) is 10.1. The van der Waals surface area contributed by atoms with Crippen molar-refractivity contribution in [3.63, 3.8) is 0 Å². The molecule has 0 saturated heterocycles. The van der Waals surface area contributed by atoms with Crippen LogP contribution in [0.2, 0.25) is 0 Å². The molecule has 1 aromatic heterocycles. The summed E-state index contributed by atoms with van der Waals surface area (Å²) in [4.78, 5) is 36.2. The molecule has 0 saturated carbocycles. The lowest BCUT2D eigenvalue weighted by molar-refractivity contribution is -0.385. The highest BCUT2D eigenvalue weighted by atomic mass is 32.1. The normalized spacial score (nSPS) is 10.9. The van der Waals surface area contributed by atoms with Crippen molar-refractivity contribution in [1.82, 2.24) is 5.43 Å². The number of nitro groups is 1. The zero-order valence-corrected chi connectivity index (χ0v) is 17.2. The van der Waals surface area contributed by atoms with Crippen LogP contribution in [0.3, 0.4) is 0 Å². The number of benzene rings is 2. The molecule has 0 spiro atoms. The average Bonchev–Trinajstić information content (AvgIpc) is 3.31. The highest BCUT2D eigenvalue weighted by Crippen LogP contribution is 2.25. The second-order valence-electron chi connectivity index (χ2n) is 6.22. The number of nitrogens with zero attached hydrogens (tertiary/aromatic N) is 2. The van der Waals surface area contributed by atoms with Crippen molar-refractivity contribution in [3.05, 3.63) is 86.6 Å². The number of nitrogens with one attached hydrogen (secondary N) is 2. The first-order valence-corrected chi connectivity index (χ1v) is 9.97. The molecule has 2 N–H and O–H groups in total. The Morgan fingerprint density at radius 1 is 1.10 bits per heavy atom. The van der Waals surface area contributed by atoms with E-state index in [-0.39, 0.29) is 22.7 Å². The molecule has 3 rings (SSSR count). The smallest absolute Gasteiger partial charge is 0.310 e. The van der Waals surface area contributed by atoms with Crippen molar-refractivity contribution in [2.24, 2.45) is 5.10 Å². The van der Waals surface area contributed by atoms with Gasteiger partial charge in [0, 0.05) is 10.9 Å². The lowest BCUT2D eigenvalue weighted by Gasteiger charge is -2.11. The summed E-state index contributed by atoms with van der Waals surface area (Å²) in [6.07, 6.45) is 0. The number of carbonyl (C=O) groups excluding carboxylic acids is 2. The largest absolute Gasteiger partial charge is 0.477 e. The zero-order valence-electron chi connectivity index (χ0n) is 16.4. The number of ether oxygens (including phenoxy) is 1. The van der Waals surface area contributed by atoms with E-state index < -0.39 is 23.3 Å². The van der Waals surface area contributed by atoms with Crippen LogP contribution in [0.5, 0.6) is 5.75 Å². The summed E-state index contributed by atoms with van der Waals surface area (Å²) in [5.41, 5.74) is 3.37. The van der Waals surface area contributed by atoms with Gasteiger partial charge in [-0.2, -0.15) is 5.10 Å².